The van der Waals surface area contributed by atoms with Gasteiger partial charge in [0.1, 0.15) is 0 Å². The van der Waals surface area contributed by atoms with Gasteiger partial charge in [0.25, 0.3) is 0 Å². The average Bonchev–Trinajstić information content (AvgIpc) is 3.32. The molecule has 0 bridgehead atoms. The summed E-state index contributed by atoms with van der Waals surface area (Å²) in [6, 6.07) is 43.9. The third-order valence-corrected chi connectivity index (χ3v) is 10.9. The predicted octanol–water partition coefficient (Wildman–Crippen LogP) is 7.61. The fraction of sp³-hybridized carbons (Fsp3) is 0.121. The van der Waals surface area contributed by atoms with Crippen molar-refractivity contribution in [1.82, 2.24) is 0 Å². The van der Waals surface area contributed by atoms with Crippen molar-refractivity contribution >= 4 is 37.1 Å². The van der Waals surface area contributed by atoms with Gasteiger partial charge in [-0.05, 0) is 54.1 Å². The molecule has 0 aromatic heterocycles. The van der Waals surface area contributed by atoms with Crippen LogP contribution in [0.3, 0.4) is 0 Å². The quantitative estimate of drug-likeness (QED) is 0.194. The molecule has 172 valence electrons. The normalized spacial score (nSPS) is 13.6. The zero-order valence-electron chi connectivity index (χ0n) is 20.5. The molecule has 1 aliphatic carbocycles. The Bertz CT molecular complexity index is 1290. The van der Waals surface area contributed by atoms with Crippen LogP contribution in [0.5, 0.6) is 0 Å². The van der Waals surface area contributed by atoms with Crippen LogP contribution >= 0.6 is 15.8 Å². The zero-order chi connectivity index (χ0) is 24.3. The lowest BCUT2D eigenvalue weighted by Gasteiger charge is -2.28. The molecule has 5 rings (SSSR count). The van der Waals surface area contributed by atoms with Crippen LogP contribution in [-0.4, -0.2) is 0 Å². The van der Waals surface area contributed by atoms with Gasteiger partial charge in [-0.25, -0.2) is 0 Å². The molecule has 2 heteroatoms. The van der Waals surface area contributed by atoms with Crippen LogP contribution in [0.25, 0.3) is 0 Å². The van der Waals surface area contributed by atoms with Gasteiger partial charge in [0.05, 0.1) is 0 Å². The van der Waals surface area contributed by atoms with E-state index in [1.807, 2.05) is 0 Å². The number of hydrogen-bond acceptors (Lipinski definition) is 0. The van der Waals surface area contributed by atoms with Crippen molar-refractivity contribution in [2.75, 3.05) is 0 Å². The van der Waals surface area contributed by atoms with E-state index in [1.165, 1.54) is 37.4 Å². The maximum Gasteiger partial charge on any atom is 0.0309 e. The predicted molar refractivity (Wildman–Crippen MR) is 156 cm³/mol. The Kier molecular flexibility index (Phi) is 7.00. The SMILES string of the molecule is CC(C)(C)C1=CC(P(c2ccccc2)c2ccccc2)=C=C1P(c1ccccc1)c1ccccc1. The Morgan fingerprint density at radius 2 is 0.829 bits per heavy atom. The van der Waals surface area contributed by atoms with E-state index in [2.05, 4.69) is 154 Å². The molecule has 0 saturated carbocycles. The highest BCUT2D eigenvalue weighted by molar-refractivity contribution is 7.78. The van der Waals surface area contributed by atoms with E-state index in [4.69, 9.17) is 0 Å². The van der Waals surface area contributed by atoms with Crippen LogP contribution in [0.2, 0.25) is 0 Å². The lowest BCUT2D eigenvalue weighted by molar-refractivity contribution is 0.516. The van der Waals surface area contributed by atoms with Gasteiger partial charge in [0.2, 0.25) is 0 Å². The highest BCUT2D eigenvalue weighted by Crippen LogP contribution is 2.56. The summed E-state index contributed by atoms with van der Waals surface area (Å²) < 4.78 is 0. The van der Waals surface area contributed by atoms with Gasteiger partial charge >= 0.3 is 0 Å². The second-order valence-electron chi connectivity index (χ2n) is 9.68. The van der Waals surface area contributed by atoms with E-state index in [1.54, 1.807) is 0 Å². The zero-order valence-corrected chi connectivity index (χ0v) is 22.3. The Hall–Kier alpha value is -3.00. The molecule has 35 heavy (non-hydrogen) atoms. The summed E-state index contributed by atoms with van der Waals surface area (Å²) in [6.45, 7) is 7.00. The molecular formula is C33H30P2. The molecule has 0 aliphatic heterocycles. The van der Waals surface area contributed by atoms with Crippen LogP contribution in [0.1, 0.15) is 20.8 Å². The number of allylic oxidation sites excluding steroid dienone is 3. The first-order valence-corrected chi connectivity index (χ1v) is 14.7. The largest absolute Gasteiger partial charge is 0.102 e. The molecule has 0 nitrogen and oxygen atoms in total. The Morgan fingerprint density at radius 3 is 1.17 bits per heavy atom. The number of rotatable bonds is 6. The minimum absolute atomic E-state index is 0.0165. The van der Waals surface area contributed by atoms with Crippen molar-refractivity contribution in [3.05, 3.63) is 149 Å². The van der Waals surface area contributed by atoms with Crippen molar-refractivity contribution in [3.63, 3.8) is 0 Å². The molecule has 0 heterocycles. The van der Waals surface area contributed by atoms with Crippen molar-refractivity contribution in [1.29, 1.82) is 0 Å². The van der Waals surface area contributed by atoms with Gasteiger partial charge in [-0.2, -0.15) is 0 Å². The highest BCUT2D eigenvalue weighted by atomic mass is 31.1. The summed E-state index contributed by atoms with van der Waals surface area (Å²) >= 11 is 0. The monoisotopic (exact) mass is 488 g/mol. The summed E-state index contributed by atoms with van der Waals surface area (Å²) in [4.78, 5) is 0. The maximum atomic E-state index is 4.04. The van der Waals surface area contributed by atoms with Gasteiger partial charge in [-0.15, -0.1) is 5.73 Å². The molecule has 4 aromatic rings. The molecule has 0 radical (unpaired) electrons. The fourth-order valence-corrected chi connectivity index (χ4v) is 9.43. The number of hydrogen-bond donors (Lipinski definition) is 0. The third-order valence-electron chi connectivity index (χ3n) is 6.11. The molecule has 0 fully saturated rings. The Balaban J connectivity index is 1.76. The Morgan fingerprint density at radius 1 is 0.486 bits per heavy atom. The second-order valence-corrected chi connectivity index (χ2v) is 14.0. The van der Waals surface area contributed by atoms with Crippen LogP contribution in [-0.2, 0) is 0 Å². The van der Waals surface area contributed by atoms with Gasteiger partial charge in [0, 0.05) is 10.6 Å². The standard InChI is InChI=1S/C33H30P2/c1-33(2,3)31-24-30(34(26-16-8-4-9-17-26)27-18-10-5-11-19-27)25-32(31)35(28-20-12-6-13-21-28)29-22-14-7-15-23-29/h4-24H,1-3H3. The van der Waals surface area contributed by atoms with E-state index < -0.39 is 15.8 Å². The number of benzene rings is 4. The smallest absolute Gasteiger partial charge is 0.0309 e. The average molecular weight is 489 g/mol. The minimum atomic E-state index is -0.718. The summed E-state index contributed by atoms with van der Waals surface area (Å²) in [5, 5.41) is 8.15. The van der Waals surface area contributed by atoms with E-state index >= 15 is 0 Å². The molecule has 4 aromatic carbocycles. The first-order valence-electron chi connectivity index (χ1n) is 12.1. The molecule has 0 amide bonds. The highest BCUT2D eigenvalue weighted by Gasteiger charge is 2.33. The third kappa shape index (κ3) is 5.17. The van der Waals surface area contributed by atoms with E-state index in [0.717, 1.165) is 0 Å². The van der Waals surface area contributed by atoms with Crippen molar-refractivity contribution in [2.24, 2.45) is 5.41 Å². The van der Waals surface area contributed by atoms with Crippen LogP contribution < -0.4 is 21.2 Å². The Labute approximate surface area is 212 Å². The summed E-state index contributed by atoms with van der Waals surface area (Å²) in [5.74, 6) is 0. The second kappa shape index (κ2) is 10.3. The van der Waals surface area contributed by atoms with Crippen LogP contribution in [0, 0.1) is 5.41 Å². The van der Waals surface area contributed by atoms with E-state index in [9.17, 15) is 0 Å². The fourth-order valence-electron chi connectivity index (χ4n) is 4.44. The van der Waals surface area contributed by atoms with Gasteiger partial charge in [0.15, 0.2) is 0 Å². The molecule has 0 saturated heterocycles. The summed E-state index contributed by atoms with van der Waals surface area (Å²) in [5.41, 5.74) is 5.46. The van der Waals surface area contributed by atoms with E-state index in [-0.39, 0.29) is 5.41 Å². The topological polar surface area (TPSA) is 0 Å². The van der Waals surface area contributed by atoms with Crippen molar-refractivity contribution in [2.45, 2.75) is 20.8 Å². The molecule has 0 atom stereocenters. The van der Waals surface area contributed by atoms with Crippen molar-refractivity contribution < 1.29 is 0 Å². The lowest BCUT2D eigenvalue weighted by atomic mass is 9.87. The van der Waals surface area contributed by atoms with Gasteiger partial charge < -0.3 is 0 Å². The first-order chi connectivity index (χ1) is 17.0. The van der Waals surface area contributed by atoms with Gasteiger partial charge in [-0.1, -0.05) is 142 Å². The van der Waals surface area contributed by atoms with Crippen LogP contribution in [0.4, 0.5) is 0 Å². The minimum Gasteiger partial charge on any atom is -0.102 e. The first kappa shape index (κ1) is 23.7. The summed E-state index contributed by atoms with van der Waals surface area (Å²) in [6.07, 6.45) is 2.46. The molecule has 1 aliphatic rings. The molecular weight excluding hydrogens is 458 g/mol. The molecule has 0 N–H and O–H groups in total. The van der Waals surface area contributed by atoms with Crippen LogP contribution in [0.15, 0.2) is 149 Å². The maximum absolute atomic E-state index is 4.04. The van der Waals surface area contributed by atoms with Gasteiger partial charge in [-0.3, -0.25) is 0 Å². The molecule has 0 spiro atoms. The molecule has 0 unspecified atom stereocenters. The van der Waals surface area contributed by atoms with E-state index in [0.29, 0.717) is 0 Å². The lowest BCUT2D eigenvalue weighted by Crippen LogP contribution is -2.17. The summed E-state index contributed by atoms with van der Waals surface area (Å²) in [7, 11) is -1.41. The van der Waals surface area contributed by atoms with Crippen molar-refractivity contribution in [3.8, 4) is 0 Å².